The highest BCUT2D eigenvalue weighted by Gasteiger charge is 2.57. The molecule has 3 fully saturated rings. The first kappa shape index (κ1) is 19.4. The molecule has 2 amide bonds. The van der Waals surface area contributed by atoms with Gasteiger partial charge in [-0.05, 0) is 88.0 Å². The third kappa shape index (κ3) is 4.73. The third-order valence-electron chi connectivity index (χ3n) is 6.65. The van der Waals surface area contributed by atoms with Crippen molar-refractivity contribution in [2.45, 2.75) is 44.9 Å². The molecule has 0 aromatic heterocycles. The quantitative estimate of drug-likeness (QED) is 0.705. The zero-order valence-corrected chi connectivity index (χ0v) is 16.6. The lowest BCUT2D eigenvalue weighted by Gasteiger charge is -2.25. The van der Waals surface area contributed by atoms with Crippen LogP contribution in [0.1, 0.15) is 44.9 Å². The number of hydrogen-bond acceptors (Lipinski definition) is 4. The standard InChI is InChI=1S/C22H32N4O2/c27-20(8-15-26-13-2-1-3-14-26)24-17-4-6-18(7-5-17)25-21(28)19-16-22(19)9-11-23-12-10-22/h4-7,19,23H,1-3,8-16H2,(H,24,27)(H,25,28). The molecule has 1 saturated carbocycles. The van der Waals surface area contributed by atoms with Crippen molar-refractivity contribution < 1.29 is 9.59 Å². The molecular formula is C22H32N4O2. The zero-order valence-electron chi connectivity index (χ0n) is 16.6. The van der Waals surface area contributed by atoms with E-state index in [2.05, 4.69) is 20.9 Å². The second kappa shape index (κ2) is 8.62. The summed E-state index contributed by atoms with van der Waals surface area (Å²) in [5, 5.41) is 9.37. The van der Waals surface area contributed by atoms with E-state index in [0.29, 0.717) is 6.42 Å². The van der Waals surface area contributed by atoms with Crippen LogP contribution in [-0.2, 0) is 9.59 Å². The topological polar surface area (TPSA) is 73.5 Å². The lowest BCUT2D eigenvalue weighted by Crippen LogP contribution is -2.32. The molecule has 1 atom stereocenters. The van der Waals surface area contributed by atoms with E-state index >= 15 is 0 Å². The Bertz CT molecular complexity index is 691. The van der Waals surface area contributed by atoms with Crippen molar-refractivity contribution in [3.8, 4) is 0 Å². The number of nitrogens with one attached hydrogen (secondary N) is 3. The largest absolute Gasteiger partial charge is 0.326 e. The van der Waals surface area contributed by atoms with Crippen LogP contribution in [0.15, 0.2) is 24.3 Å². The second-order valence-electron chi connectivity index (χ2n) is 8.64. The molecule has 0 bridgehead atoms. The van der Waals surface area contributed by atoms with E-state index in [1.54, 1.807) is 0 Å². The minimum atomic E-state index is 0.0492. The van der Waals surface area contributed by atoms with Crippen molar-refractivity contribution in [3.05, 3.63) is 24.3 Å². The molecule has 3 N–H and O–H groups in total. The van der Waals surface area contributed by atoms with Gasteiger partial charge < -0.3 is 20.9 Å². The molecule has 1 aromatic carbocycles. The van der Waals surface area contributed by atoms with Gasteiger partial charge in [-0.1, -0.05) is 6.42 Å². The summed E-state index contributed by atoms with van der Waals surface area (Å²) in [5.41, 5.74) is 1.83. The van der Waals surface area contributed by atoms with Gasteiger partial charge in [0, 0.05) is 30.3 Å². The molecule has 0 radical (unpaired) electrons. The fraction of sp³-hybridized carbons (Fsp3) is 0.636. The SMILES string of the molecule is O=C(CCN1CCCCC1)Nc1ccc(NC(=O)C2CC23CCNCC3)cc1. The van der Waals surface area contributed by atoms with E-state index < -0.39 is 0 Å². The summed E-state index contributed by atoms with van der Waals surface area (Å²) in [6.45, 7) is 5.10. The molecule has 28 heavy (non-hydrogen) atoms. The van der Waals surface area contributed by atoms with Crippen LogP contribution in [-0.4, -0.2) is 49.4 Å². The van der Waals surface area contributed by atoms with Gasteiger partial charge >= 0.3 is 0 Å². The molecule has 1 unspecified atom stereocenters. The Kier molecular flexibility index (Phi) is 5.97. The molecule has 6 heteroatoms. The molecule has 2 heterocycles. The number of anilines is 2. The van der Waals surface area contributed by atoms with Crippen LogP contribution in [0.2, 0.25) is 0 Å². The van der Waals surface area contributed by atoms with Crippen molar-refractivity contribution in [2.75, 3.05) is 43.4 Å². The Morgan fingerprint density at radius 1 is 1.00 bits per heavy atom. The average molecular weight is 385 g/mol. The maximum Gasteiger partial charge on any atom is 0.228 e. The molecule has 152 valence electrons. The second-order valence-corrected chi connectivity index (χ2v) is 8.64. The Morgan fingerprint density at radius 3 is 2.32 bits per heavy atom. The summed E-state index contributed by atoms with van der Waals surface area (Å²) in [5.74, 6) is 0.345. The van der Waals surface area contributed by atoms with Crippen molar-refractivity contribution >= 4 is 23.2 Å². The minimum absolute atomic E-state index is 0.0492. The van der Waals surface area contributed by atoms with E-state index in [1.165, 1.54) is 19.3 Å². The third-order valence-corrected chi connectivity index (χ3v) is 6.65. The van der Waals surface area contributed by atoms with E-state index in [0.717, 1.165) is 63.4 Å². The first-order chi connectivity index (χ1) is 13.6. The fourth-order valence-electron chi connectivity index (χ4n) is 4.73. The summed E-state index contributed by atoms with van der Waals surface area (Å²) in [4.78, 5) is 27.1. The van der Waals surface area contributed by atoms with Gasteiger partial charge in [-0.15, -0.1) is 0 Å². The summed E-state index contributed by atoms with van der Waals surface area (Å²) < 4.78 is 0. The van der Waals surface area contributed by atoms with Crippen LogP contribution in [0.5, 0.6) is 0 Å². The molecule has 3 aliphatic rings. The molecular weight excluding hydrogens is 352 g/mol. The van der Waals surface area contributed by atoms with Crippen molar-refractivity contribution in [1.29, 1.82) is 0 Å². The predicted molar refractivity (Wildman–Crippen MR) is 111 cm³/mol. The van der Waals surface area contributed by atoms with E-state index in [-0.39, 0.29) is 23.1 Å². The predicted octanol–water partition coefficient (Wildman–Crippen LogP) is 2.83. The van der Waals surface area contributed by atoms with Crippen molar-refractivity contribution in [3.63, 3.8) is 0 Å². The Morgan fingerprint density at radius 2 is 1.64 bits per heavy atom. The van der Waals surface area contributed by atoms with Gasteiger partial charge in [0.05, 0.1) is 0 Å². The number of amides is 2. The highest BCUT2D eigenvalue weighted by Crippen LogP contribution is 2.58. The van der Waals surface area contributed by atoms with Crippen LogP contribution >= 0.6 is 0 Å². The summed E-state index contributed by atoms with van der Waals surface area (Å²) in [6.07, 6.45) is 7.55. The number of carbonyl (C=O) groups excluding carboxylic acids is 2. The first-order valence-electron chi connectivity index (χ1n) is 10.8. The molecule has 1 aliphatic carbocycles. The lowest BCUT2D eigenvalue weighted by atomic mass is 9.92. The maximum absolute atomic E-state index is 12.5. The number of likely N-dealkylation sites (tertiary alicyclic amines) is 1. The van der Waals surface area contributed by atoms with Gasteiger partial charge in [0.2, 0.25) is 11.8 Å². The van der Waals surface area contributed by atoms with E-state index in [4.69, 9.17) is 0 Å². The normalized spacial score (nSPS) is 23.9. The molecule has 4 rings (SSSR count). The molecule has 2 saturated heterocycles. The van der Waals surface area contributed by atoms with Gasteiger partial charge in [0.15, 0.2) is 0 Å². The van der Waals surface area contributed by atoms with Gasteiger partial charge in [-0.3, -0.25) is 9.59 Å². The van der Waals surface area contributed by atoms with Crippen LogP contribution in [0.25, 0.3) is 0 Å². The first-order valence-corrected chi connectivity index (χ1v) is 10.8. The Hall–Kier alpha value is -1.92. The summed E-state index contributed by atoms with van der Waals surface area (Å²) >= 11 is 0. The Balaban J connectivity index is 1.21. The zero-order chi connectivity index (χ0) is 19.4. The van der Waals surface area contributed by atoms with E-state index in [1.807, 2.05) is 24.3 Å². The van der Waals surface area contributed by atoms with Crippen LogP contribution in [0.3, 0.4) is 0 Å². The number of hydrogen-bond donors (Lipinski definition) is 3. The van der Waals surface area contributed by atoms with Gasteiger partial charge in [0.1, 0.15) is 0 Å². The summed E-state index contributed by atoms with van der Waals surface area (Å²) in [7, 11) is 0. The smallest absolute Gasteiger partial charge is 0.228 e. The van der Waals surface area contributed by atoms with Crippen LogP contribution in [0.4, 0.5) is 11.4 Å². The fourth-order valence-corrected chi connectivity index (χ4v) is 4.73. The number of carbonyl (C=O) groups is 2. The summed E-state index contributed by atoms with van der Waals surface area (Å²) in [6, 6.07) is 7.47. The van der Waals surface area contributed by atoms with Crippen molar-refractivity contribution in [2.24, 2.45) is 11.3 Å². The van der Waals surface area contributed by atoms with Gasteiger partial charge in [0.25, 0.3) is 0 Å². The highest BCUT2D eigenvalue weighted by atomic mass is 16.2. The van der Waals surface area contributed by atoms with Crippen LogP contribution in [0, 0.1) is 11.3 Å². The maximum atomic E-state index is 12.5. The monoisotopic (exact) mass is 384 g/mol. The molecule has 1 aromatic rings. The average Bonchev–Trinajstić information content (AvgIpc) is 3.42. The van der Waals surface area contributed by atoms with Crippen molar-refractivity contribution in [1.82, 2.24) is 10.2 Å². The highest BCUT2D eigenvalue weighted by molar-refractivity contribution is 5.96. The molecule has 1 spiro atoms. The molecule has 6 nitrogen and oxygen atoms in total. The van der Waals surface area contributed by atoms with Gasteiger partial charge in [-0.25, -0.2) is 0 Å². The number of benzene rings is 1. The number of rotatable bonds is 6. The van der Waals surface area contributed by atoms with E-state index in [9.17, 15) is 9.59 Å². The Labute approximate surface area is 167 Å². The lowest BCUT2D eigenvalue weighted by molar-refractivity contribution is -0.118. The minimum Gasteiger partial charge on any atom is -0.326 e. The number of piperidine rings is 2. The number of nitrogens with zero attached hydrogens (tertiary/aromatic N) is 1. The van der Waals surface area contributed by atoms with Crippen LogP contribution < -0.4 is 16.0 Å². The van der Waals surface area contributed by atoms with Gasteiger partial charge in [-0.2, -0.15) is 0 Å². The molecule has 2 aliphatic heterocycles.